The van der Waals surface area contributed by atoms with Crippen LogP contribution in [0.4, 0.5) is 45.3 Å². The number of aliphatic imine (C=N–C) groups is 2. The van der Waals surface area contributed by atoms with E-state index in [4.69, 9.17) is 33.2 Å². The summed E-state index contributed by atoms with van der Waals surface area (Å²) in [5.74, 6) is -8.04. The quantitative estimate of drug-likeness (QED) is 0.0592. The number of rotatable bonds is 11. The van der Waals surface area contributed by atoms with Crippen LogP contribution in [-0.2, 0) is 22.5 Å². The number of carbonyl (C=O) groups excluding carboxylic acids is 1. The average Bonchev–Trinajstić information content (AvgIpc) is 3.60. The highest BCUT2D eigenvalue weighted by Crippen LogP contribution is 2.42. The van der Waals surface area contributed by atoms with E-state index in [-0.39, 0.29) is 44.1 Å². The van der Waals surface area contributed by atoms with Crippen LogP contribution in [0.15, 0.2) is 63.7 Å². The minimum absolute atomic E-state index is 0.0356. The molecule has 1 amide bonds. The Morgan fingerprint density at radius 2 is 1.75 bits per heavy atom. The van der Waals surface area contributed by atoms with Crippen LogP contribution < -0.4 is 16.8 Å². The molecule has 0 saturated heterocycles. The molecule has 12 nitrogen and oxygen atoms in total. The fourth-order valence-corrected chi connectivity index (χ4v) is 6.44. The molecule has 316 valence electrons. The van der Waals surface area contributed by atoms with Gasteiger partial charge >= 0.3 is 6.18 Å². The second kappa shape index (κ2) is 16.9. The highest BCUT2D eigenvalue weighted by molar-refractivity contribution is 6.37. The fourth-order valence-electron chi connectivity index (χ4n) is 6.20. The van der Waals surface area contributed by atoms with Gasteiger partial charge in [-0.05, 0) is 63.4 Å². The summed E-state index contributed by atoms with van der Waals surface area (Å²) >= 11 is 6.57. The number of carbonyl (C=O) groups is 1. The van der Waals surface area contributed by atoms with Gasteiger partial charge in [-0.2, -0.15) is 32.0 Å². The number of ether oxygens (including phenoxy) is 1. The van der Waals surface area contributed by atoms with E-state index in [0.29, 0.717) is 11.8 Å². The van der Waals surface area contributed by atoms with E-state index in [1.54, 1.807) is 6.92 Å². The van der Waals surface area contributed by atoms with Gasteiger partial charge in [-0.15, -0.1) is 0 Å². The molecular weight excluding hydrogens is 825 g/mol. The van der Waals surface area contributed by atoms with Crippen LogP contribution in [0.5, 0.6) is 0 Å². The summed E-state index contributed by atoms with van der Waals surface area (Å²) < 4.78 is 133. The SMILES string of the molecule is Cc1ccc(-c2ccc(Cl)c3c(N=C(N)OC(=N)C(C)(C)O)nn(CC(F)F)c23)c([C@H](Cc2cc(F)cc(F)c2)NC(=O)CN=C2C(=C(N)C(F)(F)F)CCC2(F)F)n1. The van der Waals surface area contributed by atoms with Gasteiger partial charge in [0.15, 0.2) is 5.82 Å². The van der Waals surface area contributed by atoms with Crippen molar-refractivity contribution in [3.8, 4) is 11.1 Å². The number of allylic oxidation sites excluding steroid dienone is 2. The molecule has 0 spiro atoms. The number of amides is 1. The maximum absolute atomic E-state index is 14.8. The summed E-state index contributed by atoms with van der Waals surface area (Å²) in [6.45, 7) is 1.83. The fraction of sp³-hybridized carbons (Fsp3) is 0.351. The number of aromatic nitrogens is 3. The van der Waals surface area contributed by atoms with E-state index in [1.165, 1.54) is 38.1 Å². The first-order valence-electron chi connectivity index (χ1n) is 17.4. The van der Waals surface area contributed by atoms with Crippen LogP contribution in [0.25, 0.3) is 22.0 Å². The number of halogens is 10. The van der Waals surface area contributed by atoms with Crippen molar-refractivity contribution in [2.45, 2.75) is 76.7 Å². The van der Waals surface area contributed by atoms with Gasteiger partial charge in [-0.3, -0.25) is 24.9 Å². The third-order valence-electron chi connectivity index (χ3n) is 8.83. The number of fused-ring (bicyclic) bond motifs is 1. The Morgan fingerprint density at radius 1 is 1.10 bits per heavy atom. The van der Waals surface area contributed by atoms with Crippen LogP contribution >= 0.6 is 11.6 Å². The first kappa shape index (κ1) is 44.4. The molecule has 1 aliphatic rings. The van der Waals surface area contributed by atoms with Crippen molar-refractivity contribution in [3.05, 3.63) is 87.3 Å². The minimum atomic E-state index is -5.16. The predicted molar refractivity (Wildman–Crippen MR) is 200 cm³/mol. The third-order valence-corrected chi connectivity index (χ3v) is 9.14. The summed E-state index contributed by atoms with van der Waals surface area (Å²) in [6.07, 6.45) is -10.4. The molecule has 59 heavy (non-hydrogen) atoms. The highest BCUT2D eigenvalue weighted by Gasteiger charge is 2.48. The Hall–Kier alpha value is -5.70. The number of nitrogens with zero attached hydrogens (tertiary/aromatic N) is 5. The van der Waals surface area contributed by atoms with Gasteiger partial charge in [0.1, 0.15) is 41.7 Å². The number of hydrogen-bond acceptors (Lipinski definition) is 9. The number of amidine groups is 1. The van der Waals surface area contributed by atoms with Crippen molar-refractivity contribution < 1.29 is 54.2 Å². The van der Waals surface area contributed by atoms with Crippen LogP contribution in [0.3, 0.4) is 0 Å². The standard InChI is InChI=1S/C37H35ClF9N9O3/c1-16-4-5-20(21-6-7-23(38)27-29(21)56(15-25(41)42)55-32(27)54-34(50)59-33(49)35(2,3)58)28(52-16)24(12-17-10-18(39)13-19(40)11-17)53-26(57)14-51-31-22(8-9-36(31,43)44)30(48)37(45,46)47/h4-7,10-11,13,24-25,49,58H,8-9,12,14-15,48H2,1-3H3,(H,53,57)(H2,50,54,55)/t24-/m0/s1. The monoisotopic (exact) mass is 859 g/mol. The maximum Gasteiger partial charge on any atom is 0.431 e. The zero-order valence-corrected chi connectivity index (χ0v) is 31.9. The van der Waals surface area contributed by atoms with Crippen molar-refractivity contribution in [3.63, 3.8) is 0 Å². The number of hydrogen-bond donors (Lipinski definition) is 5. The summed E-state index contributed by atoms with van der Waals surface area (Å²) in [4.78, 5) is 25.6. The molecule has 0 aliphatic heterocycles. The highest BCUT2D eigenvalue weighted by atomic mass is 35.5. The van der Waals surface area contributed by atoms with E-state index >= 15 is 0 Å². The zero-order valence-electron chi connectivity index (χ0n) is 31.2. The molecule has 0 unspecified atom stereocenters. The molecule has 2 aromatic heterocycles. The lowest BCUT2D eigenvalue weighted by Crippen LogP contribution is -2.36. The first-order chi connectivity index (χ1) is 27.3. The van der Waals surface area contributed by atoms with Crippen molar-refractivity contribution in [1.82, 2.24) is 20.1 Å². The second-order valence-corrected chi connectivity index (χ2v) is 14.3. The van der Waals surface area contributed by atoms with Gasteiger partial charge in [0.2, 0.25) is 11.8 Å². The molecule has 1 atom stereocenters. The zero-order chi connectivity index (χ0) is 43.8. The summed E-state index contributed by atoms with van der Waals surface area (Å²) in [5.41, 5.74) is 5.51. The summed E-state index contributed by atoms with van der Waals surface area (Å²) in [5, 5.41) is 24.5. The minimum Gasteiger partial charge on any atom is -0.408 e. The van der Waals surface area contributed by atoms with Crippen molar-refractivity contribution >= 4 is 51.9 Å². The predicted octanol–water partition coefficient (Wildman–Crippen LogP) is 7.36. The molecule has 1 aliphatic carbocycles. The Morgan fingerprint density at radius 3 is 2.36 bits per heavy atom. The molecular formula is C37H35ClF9N9O3. The van der Waals surface area contributed by atoms with Crippen molar-refractivity contribution in [2.24, 2.45) is 21.5 Å². The van der Waals surface area contributed by atoms with Crippen molar-refractivity contribution in [2.75, 3.05) is 6.54 Å². The van der Waals surface area contributed by atoms with E-state index in [1.807, 2.05) is 0 Å². The van der Waals surface area contributed by atoms with Crippen LogP contribution in [0.1, 0.15) is 49.7 Å². The molecule has 2 aromatic carbocycles. The number of benzene rings is 2. The van der Waals surface area contributed by atoms with Gasteiger partial charge in [0.05, 0.1) is 27.7 Å². The van der Waals surface area contributed by atoms with Crippen LogP contribution in [0.2, 0.25) is 5.02 Å². The molecule has 5 rings (SSSR count). The average molecular weight is 860 g/mol. The lowest BCUT2D eigenvalue weighted by Gasteiger charge is -2.23. The van der Waals surface area contributed by atoms with Gasteiger partial charge in [0.25, 0.3) is 18.4 Å². The van der Waals surface area contributed by atoms with Gasteiger partial charge in [-0.25, -0.2) is 17.6 Å². The molecule has 2 heterocycles. The number of nitrogens with one attached hydrogen (secondary N) is 2. The number of aryl methyl sites for hydroxylation is 1. The maximum atomic E-state index is 14.8. The molecule has 0 bridgehead atoms. The second-order valence-electron chi connectivity index (χ2n) is 13.9. The number of aliphatic hydroxyl groups is 1. The molecule has 1 saturated carbocycles. The van der Waals surface area contributed by atoms with Crippen LogP contribution in [-0.4, -0.2) is 74.1 Å². The molecule has 4 aromatic rings. The first-order valence-corrected chi connectivity index (χ1v) is 17.7. The van der Waals surface area contributed by atoms with Gasteiger partial charge < -0.3 is 26.6 Å². The number of pyridine rings is 1. The lowest BCUT2D eigenvalue weighted by molar-refractivity contribution is -0.120. The third kappa shape index (κ3) is 10.3. The summed E-state index contributed by atoms with van der Waals surface area (Å²) in [6, 6.07) is 6.09. The Labute approximate surface area is 334 Å². The largest absolute Gasteiger partial charge is 0.431 e. The Balaban J connectivity index is 1.67. The Bertz CT molecular complexity index is 2370. The van der Waals surface area contributed by atoms with E-state index < -0.39 is 109 Å². The van der Waals surface area contributed by atoms with Gasteiger partial charge in [-0.1, -0.05) is 23.7 Å². The van der Waals surface area contributed by atoms with Gasteiger partial charge in [0, 0.05) is 34.9 Å². The molecule has 7 N–H and O–H groups in total. The normalized spacial score (nSPS) is 16.9. The lowest BCUT2D eigenvalue weighted by atomic mass is 9.93. The van der Waals surface area contributed by atoms with E-state index in [0.717, 1.165) is 16.8 Å². The van der Waals surface area contributed by atoms with Crippen LogP contribution in [0, 0.1) is 24.0 Å². The molecule has 0 radical (unpaired) electrons. The molecule has 1 fully saturated rings. The Kier molecular flexibility index (Phi) is 12.7. The topological polar surface area (TPSA) is 190 Å². The van der Waals surface area contributed by atoms with E-state index in [9.17, 15) is 49.4 Å². The number of nitrogens with two attached hydrogens (primary N) is 2. The van der Waals surface area contributed by atoms with E-state index in [2.05, 4.69) is 25.4 Å². The smallest absolute Gasteiger partial charge is 0.408 e. The molecule has 22 heteroatoms. The van der Waals surface area contributed by atoms with Crippen molar-refractivity contribution in [1.29, 1.82) is 5.41 Å². The number of alkyl halides is 7. The summed E-state index contributed by atoms with van der Waals surface area (Å²) in [7, 11) is 0.